The van der Waals surface area contributed by atoms with Crippen LogP contribution >= 0.6 is 0 Å². The first-order chi connectivity index (χ1) is 7.70. The van der Waals surface area contributed by atoms with Gasteiger partial charge < -0.3 is 16.0 Å². The SMILES string of the molecule is CCC[C@@H](N)C(=O)NC1CN2CCC1CC2. The normalized spacial score (nSPS) is 34.8. The smallest absolute Gasteiger partial charge is 0.237 e. The number of hydrogen-bond donors (Lipinski definition) is 2. The molecule has 3 N–H and O–H groups in total. The van der Waals surface area contributed by atoms with Crippen molar-refractivity contribution in [2.24, 2.45) is 11.7 Å². The number of piperidine rings is 3. The molecule has 0 radical (unpaired) electrons. The summed E-state index contributed by atoms with van der Waals surface area (Å²) in [5.74, 6) is 0.725. The van der Waals surface area contributed by atoms with Crippen molar-refractivity contribution in [2.75, 3.05) is 19.6 Å². The van der Waals surface area contributed by atoms with Gasteiger partial charge in [0, 0.05) is 12.6 Å². The monoisotopic (exact) mass is 225 g/mol. The van der Waals surface area contributed by atoms with Crippen molar-refractivity contribution in [2.45, 2.75) is 44.7 Å². The van der Waals surface area contributed by atoms with Crippen LogP contribution in [0.5, 0.6) is 0 Å². The molecular formula is C12H23N3O. The van der Waals surface area contributed by atoms with E-state index < -0.39 is 0 Å². The van der Waals surface area contributed by atoms with Crippen molar-refractivity contribution in [3.05, 3.63) is 0 Å². The third-order valence-electron chi connectivity index (χ3n) is 3.92. The average Bonchev–Trinajstić information content (AvgIpc) is 2.31. The molecule has 1 amide bonds. The fourth-order valence-electron chi connectivity index (χ4n) is 2.86. The third kappa shape index (κ3) is 2.55. The quantitative estimate of drug-likeness (QED) is 0.724. The van der Waals surface area contributed by atoms with Gasteiger partial charge in [-0.25, -0.2) is 0 Å². The first-order valence-electron chi connectivity index (χ1n) is 6.49. The first-order valence-corrected chi connectivity index (χ1v) is 6.49. The van der Waals surface area contributed by atoms with Crippen LogP contribution in [-0.4, -0.2) is 42.5 Å². The van der Waals surface area contributed by atoms with Crippen molar-refractivity contribution >= 4 is 5.91 Å². The number of carbonyl (C=O) groups excluding carboxylic acids is 1. The Labute approximate surface area is 97.6 Å². The van der Waals surface area contributed by atoms with Gasteiger partial charge in [0.05, 0.1) is 6.04 Å². The molecule has 3 fully saturated rings. The predicted octanol–water partition coefficient (Wildman–Crippen LogP) is 0.324. The van der Waals surface area contributed by atoms with Crippen LogP contribution < -0.4 is 11.1 Å². The zero-order chi connectivity index (χ0) is 11.5. The van der Waals surface area contributed by atoms with Crippen LogP contribution in [0.25, 0.3) is 0 Å². The molecule has 0 aromatic rings. The Morgan fingerprint density at radius 1 is 1.50 bits per heavy atom. The minimum atomic E-state index is -0.319. The van der Waals surface area contributed by atoms with E-state index in [4.69, 9.17) is 5.73 Å². The summed E-state index contributed by atoms with van der Waals surface area (Å²) >= 11 is 0. The van der Waals surface area contributed by atoms with E-state index in [1.807, 2.05) is 0 Å². The summed E-state index contributed by atoms with van der Waals surface area (Å²) in [6, 6.07) is 0.0263. The van der Waals surface area contributed by atoms with Crippen LogP contribution in [0.2, 0.25) is 0 Å². The molecule has 3 aliphatic heterocycles. The van der Waals surface area contributed by atoms with E-state index in [1.54, 1.807) is 0 Å². The van der Waals surface area contributed by atoms with Gasteiger partial charge in [0.2, 0.25) is 5.91 Å². The maximum absolute atomic E-state index is 11.8. The van der Waals surface area contributed by atoms with E-state index in [1.165, 1.54) is 25.9 Å². The minimum absolute atomic E-state index is 0.0422. The largest absolute Gasteiger partial charge is 0.350 e. The number of nitrogens with two attached hydrogens (primary N) is 1. The molecule has 3 heterocycles. The molecule has 0 aromatic carbocycles. The van der Waals surface area contributed by atoms with Crippen LogP contribution in [0.3, 0.4) is 0 Å². The van der Waals surface area contributed by atoms with Crippen molar-refractivity contribution in [1.29, 1.82) is 0 Å². The van der Waals surface area contributed by atoms with E-state index in [2.05, 4.69) is 17.1 Å². The van der Waals surface area contributed by atoms with Gasteiger partial charge >= 0.3 is 0 Å². The number of fused-ring (bicyclic) bond motifs is 3. The predicted molar refractivity (Wildman–Crippen MR) is 64.0 cm³/mol. The van der Waals surface area contributed by atoms with Crippen LogP contribution in [0.4, 0.5) is 0 Å². The molecule has 92 valence electrons. The van der Waals surface area contributed by atoms with Crippen LogP contribution in [0, 0.1) is 5.92 Å². The van der Waals surface area contributed by atoms with Gasteiger partial charge in [-0.15, -0.1) is 0 Å². The summed E-state index contributed by atoms with van der Waals surface area (Å²) in [5, 5.41) is 3.13. The number of rotatable bonds is 4. The highest BCUT2D eigenvalue weighted by molar-refractivity contribution is 5.81. The van der Waals surface area contributed by atoms with Crippen LogP contribution in [0.15, 0.2) is 0 Å². The highest BCUT2D eigenvalue weighted by Crippen LogP contribution is 2.27. The fraction of sp³-hybridized carbons (Fsp3) is 0.917. The van der Waals surface area contributed by atoms with Crippen molar-refractivity contribution in [3.63, 3.8) is 0 Å². The van der Waals surface area contributed by atoms with E-state index in [0.29, 0.717) is 12.0 Å². The lowest BCUT2D eigenvalue weighted by molar-refractivity contribution is -0.124. The Kier molecular flexibility index (Phi) is 3.82. The molecule has 2 bridgehead atoms. The van der Waals surface area contributed by atoms with Gasteiger partial charge in [-0.1, -0.05) is 13.3 Å². The molecule has 4 heteroatoms. The molecule has 0 saturated carbocycles. The maximum Gasteiger partial charge on any atom is 0.237 e. The van der Waals surface area contributed by atoms with Gasteiger partial charge in [0.15, 0.2) is 0 Å². The summed E-state index contributed by atoms with van der Waals surface area (Å²) in [5.41, 5.74) is 5.82. The summed E-state index contributed by atoms with van der Waals surface area (Å²) in [6.45, 7) is 5.49. The number of carbonyl (C=O) groups is 1. The molecule has 3 rings (SSSR count). The molecule has 0 aliphatic carbocycles. The average molecular weight is 225 g/mol. The molecule has 0 aromatic heterocycles. The van der Waals surface area contributed by atoms with Crippen LogP contribution in [-0.2, 0) is 4.79 Å². The molecule has 1 unspecified atom stereocenters. The molecule has 16 heavy (non-hydrogen) atoms. The Bertz CT molecular complexity index is 249. The number of amides is 1. The molecular weight excluding hydrogens is 202 g/mol. The van der Waals surface area contributed by atoms with Crippen LogP contribution in [0.1, 0.15) is 32.6 Å². The van der Waals surface area contributed by atoms with Crippen molar-refractivity contribution < 1.29 is 4.79 Å². The van der Waals surface area contributed by atoms with Gasteiger partial charge in [-0.3, -0.25) is 4.79 Å². The summed E-state index contributed by atoms with van der Waals surface area (Å²) in [7, 11) is 0. The lowest BCUT2D eigenvalue weighted by Crippen LogP contribution is -2.59. The topological polar surface area (TPSA) is 58.4 Å². The standard InChI is InChI=1S/C12H23N3O/c1-2-3-10(13)12(16)14-11-8-15-6-4-9(11)5-7-15/h9-11H,2-8,13H2,1H3,(H,14,16)/t10-,11?/m1/s1. The summed E-state index contributed by atoms with van der Waals surface area (Å²) < 4.78 is 0. The van der Waals surface area contributed by atoms with Gasteiger partial charge in [0.1, 0.15) is 0 Å². The Balaban J connectivity index is 1.83. The molecule has 4 nitrogen and oxygen atoms in total. The minimum Gasteiger partial charge on any atom is -0.350 e. The first kappa shape index (κ1) is 11.9. The Morgan fingerprint density at radius 2 is 2.19 bits per heavy atom. The van der Waals surface area contributed by atoms with E-state index in [0.717, 1.165) is 19.4 Å². The van der Waals surface area contributed by atoms with E-state index >= 15 is 0 Å². The summed E-state index contributed by atoms with van der Waals surface area (Å²) in [6.07, 6.45) is 4.21. The number of nitrogens with one attached hydrogen (secondary N) is 1. The Morgan fingerprint density at radius 3 is 2.69 bits per heavy atom. The van der Waals surface area contributed by atoms with Gasteiger partial charge in [-0.05, 0) is 38.3 Å². The second kappa shape index (κ2) is 5.15. The summed E-state index contributed by atoms with van der Waals surface area (Å²) in [4.78, 5) is 14.3. The fourth-order valence-corrected chi connectivity index (χ4v) is 2.86. The second-order valence-electron chi connectivity index (χ2n) is 5.15. The van der Waals surface area contributed by atoms with E-state index in [9.17, 15) is 4.79 Å². The molecule has 3 saturated heterocycles. The van der Waals surface area contributed by atoms with Crippen molar-refractivity contribution in [1.82, 2.24) is 10.2 Å². The zero-order valence-electron chi connectivity index (χ0n) is 10.1. The van der Waals surface area contributed by atoms with E-state index in [-0.39, 0.29) is 11.9 Å². The van der Waals surface area contributed by atoms with Crippen molar-refractivity contribution in [3.8, 4) is 0 Å². The lowest BCUT2D eigenvalue weighted by atomic mass is 9.84. The Hall–Kier alpha value is -0.610. The maximum atomic E-state index is 11.8. The second-order valence-corrected chi connectivity index (χ2v) is 5.15. The molecule has 0 spiro atoms. The molecule has 2 atom stereocenters. The molecule has 3 aliphatic rings. The van der Waals surface area contributed by atoms with Gasteiger partial charge in [0.25, 0.3) is 0 Å². The van der Waals surface area contributed by atoms with Gasteiger partial charge in [-0.2, -0.15) is 0 Å². The zero-order valence-corrected chi connectivity index (χ0v) is 10.1. The highest BCUT2D eigenvalue weighted by Gasteiger charge is 2.35. The number of nitrogens with zero attached hydrogens (tertiary/aromatic N) is 1. The third-order valence-corrected chi connectivity index (χ3v) is 3.92. The number of hydrogen-bond acceptors (Lipinski definition) is 3. The highest BCUT2D eigenvalue weighted by atomic mass is 16.2. The lowest BCUT2D eigenvalue weighted by Gasteiger charge is -2.45.